The van der Waals surface area contributed by atoms with Gasteiger partial charge in [0.2, 0.25) is 5.13 Å². The maximum Gasteiger partial charge on any atom is 0.204 e. The summed E-state index contributed by atoms with van der Waals surface area (Å²) in [6.07, 6.45) is 2.79. The van der Waals surface area contributed by atoms with E-state index in [1.54, 1.807) is 6.33 Å². The summed E-state index contributed by atoms with van der Waals surface area (Å²) in [6.45, 7) is 2.34. The van der Waals surface area contributed by atoms with Gasteiger partial charge in [-0.25, -0.2) is 4.98 Å². The van der Waals surface area contributed by atoms with E-state index < -0.39 is 0 Å². The molecule has 0 spiro atoms. The number of rotatable bonds is 2. The summed E-state index contributed by atoms with van der Waals surface area (Å²) in [7, 11) is 0. The Balaban J connectivity index is 1.78. The zero-order valence-electron chi connectivity index (χ0n) is 7.18. The van der Waals surface area contributed by atoms with Gasteiger partial charge in [0.15, 0.2) is 0 Å². The van der Waals surface area contributed by atoms with E-state index in [9.17, 15) is 5.11 Å². The first-order valence-electron chi connectivity index (χ1n) is 4.46. The molecular weight excluding hydrogens is 186 g/mol. The minimum atomic E-state index is 0.214. The second-order valence-electron chi connectivity index (χ2n) is 4.03. The molecule has 0 amide bonds. The molecule has 3 rings (SSSR count). The summed E-state index contributed by atoms with van der Waals surface area (Å²) in [6, 6.07) is 0. The lowest BCUT2D eigenvalue weighted by Crippen LogP contribution is -2.25. The molecule has 13 heavy (non-hydrogen) atoms. The fourth-order valence-electron chi connectivity index (χ4n) is 2.29. The Morgan fingerprint density at radius 1 is 1.77 bits per heavy atom. The van der Waals surface area contributed by atoms with Crippen LogP contribution in [-0.2, 0) is 0 Å². The molecule has 2 fully saturated rings. The van der Waals surface area contributed by atoms with Gasteiger partial charge >= 0.3 is 0 Å². The van der Waals surface area contributed by atoms with E-state index in [0.717, 1.165) is 18.2 Å². The Hall–Kier alpha value is -0.680. The van der Waals surface area contributed by atoms with E-state index in [1.165, 1.54) is 18.0 Å². The van der Waals surface area contributed by atoms with Crippen molar-refractivity contribution in [3.05, 3.63) is 6.33 Å². The minimum absolute atomic E-state index is 0.214. The van der Waals surface area contributed by atoms with Gasteiger partial charge in [0.25, 0.3) is 0 Å². The fourth-order valence-corrected chi connectivity index (χ4v) is 2.83. The third-order valence-corrected chi connectivity index (χ3v) is 3.97. The van der Waals surface area contributed by atoms with Crippen LogP contribution in [0.1, 0.15) is 6.42 Å². The van der Waals surface area contributed by atoms with Crippen LogP contribution in [0.3, 0.4) is 0 Å². The molecule has 2 aliphatic rings. The Labute approximate surface area is 80.4 Å². The number of nitrogens with zero attached hydrogens (tertiary/aromatic N) is 3. The largest absolute Gasteiger partial charge is 0.396 e. The van der Waals surface area contributed by atoms with Gasteiger partial charge in [-0.1, -0.05) is 0 Å². The highest BCUT2D eigenvalue weighted by atomic mass is 32.1. The van der Waals surface area contributed by atoms with Crippen molar-refractivity contribution in [1.29, 1.82) is 0 Å². The smallest absolute Gasteiger partial charge is 0.204 e. The second kappa shape index (κ2) is 2.42. The average Bonchev–Trinajstić information content (AvgIpc) is 2.64. The first kappa shape index (κ1) is 7.70. The summed E-state index contributed by atoms with van der Waals surface area (Å²) < 4.78 is 3.98. The van der Waals surface area contributed by atoms with Crippen LogP contribution in [0.25, 0.3) is 0 Å². The van der Waals surface area contributed by atoms with Crippen LogP contribution in [0.15, 0.2) is 6.33 Å². The van der Waals surface area contributed by atoms with Crippen molar-refractivity contribution in [2.75, 3.05) is 24.6 Å². The molecule has 70 valence electrons. The summed E-state index contributed by atoms with van der Waals surface area (Å²) >= 11 is 1.44. The Morgan fingerprint density at radius 2 is 2.69 bits per heavy atom. The molecule has 2 heterocycles. The third-order valence-electron chi connectivity index (χ3n) is 3.24. The highest BCUT2D eigenvalue weighted by Gasteiger charge is 2.59. The first-order chi connectivity index (χ1) is 6.34. The normalized spacial score (nSPS) is 36.4. The Kier molecular flexibility index (Phi) is 1.43. The Bertz CT molecular complexity index is 311. The van der Waals surface area contributed by atoms with Gasteiger partial charge in [0.05, 0.1) is 6.61 Å². The lowest BCUT2D eigenvalue weighted by atomic mass is 10.1. The van der Waals surface area contributed by atoms with E-state index in [1.807, 2.05) is 0 Å². The minimum Gasteiger partial charge on any atom is -0.396 e. The number of hydrogen-bond acceptors (Lipinski definition) is 5. The van der Waals surface area contributed by atoms with Gasteiger partial charge < -0.3 is 10.0 Å². The molecule has 1 aliphatic heterocycles. The molecular formula is C8H11N3OS. The Morgan fingerprint density at radius 3 is 3.31 bits per heavy atom. The second-order valence-corrected chi connectivity index (χ2v) is 4.78. The summed E-state index contributed by atoms with van der Waals surface area (Å²) in [4.78, 5) is 6.41. The van der Waals surface area contributed by atoms with Gasteiger partial charge in [0, 0.05) is 30.0 Å². The van der Waals surface area contributed by atoms with Crippen molar-refractivity contribution in [3.63, 3.8) is 0 Å². The van der Waals surface area contributed by atoms with E-state index in [2.05, 4.69) is 14.3 Å². The molecule has 1 aromatic rings. The molecule has 1 saturated carbocycles. The molecule has 1 N–H and O–H groups in total. The molecule has 0 radical (unpaired) electrons. The number of aliphatic hydroxyl groups excluding tert-OH is 1. The molecule has 4 nitrogen and oxygen atoms in total. The van der Waals surface area contributed by atoms with Crippen molar-refractivity contribution in [3.8, 4) is 0 Å². The van der Waals surface area contributed by atoms with Gasteiger partial charge in [-0.3, -0.25) is 0 Å². The van der Waals surface area contributed by atoms with Crippen LogP contribution in [0, 0.1) is 11.3 Å². The van der Waals surface area contributed by atoms with E-state index in [0.29, 0.717) is 12.5 Å². The summed E-state index contributed by atoms with van der Waals surface area (Å²) in [5, 5.41) is 10.2. The van der Waals surface area contributed by atoms with E-state index >= 15 is 0 Å². The molecule has 1 aromatic heterocycles. The van der Waals surface area contributed by atoms with Crippen LogP contribution in [0.4, 0.5) is 5.13 Å². The quantitative estimate of drug-likeness (QED) is 0.743. The fraction of sp³-hybridized carbons (Fsp3) is 0.750. The topological polar surface area (TPSA) is 49.2 Å². The van der Waals surface area contributed by atoms with Gasteiger partial charge in [0.1, 0.15) is 6.33 Å². The van der Waals surface area contributed by atoms with Gasteiger partial charge in [-0.2, -0.15) is 4.37 Å². The first-order valence-corrected chi connectivity index (χ1v) is 5.24. The molecule has 0 aromatic carbocycles. The van der Waals surface area contributed by atoms with Gasteiger partial charge in [-0.15, -0.1) is 0 Å². The number of aromatic nitrogens is 2. The number of anilines is 1. The monoisotopic (exact) mass is 197 g/mol. The molecule has 5 heteroatoms. The lowest BCUT2D eigenvalue weighted by Gasteiger charge is -2.17. The predicted molar refractivity (Wildman–Crippen MR) is 49.7 cm³/mol. The third kappa shape index (κ3) is 1.00. The van der Waals surface area contributed by atoms with Crippen LogP contribution in [-0.4, -0.2) is 34.2 Å². The predicted octanol–water partition coefficient (Wildman–Crippen LogP) is 0.357. The lowest BCUT2D eigenvalue weighted by molar-refractivity contribution is 0.216. The average molecular weight is 197 g/mol. The van der Waals surface area contributed by atoms with Crippen molar-refractivity contribution in [2.24, 2.45) is 11.3 Å². The van der Waals surface area contributed by atoms with Crippen LogP contribution < -0.4 is 4.90 Å². The number of hydrogen-bond donors (Lipinski definition) is 1. The van der Waals surface area contributed by atoms with E-state index in [-0.39, 0.29) is 5.41 Å². The van der Waals surface area contributed by atoms with Crippen molar-refractivity contribution < 1.29 is 5.11 Å². The highest BCUT2D eigenvalue weighted by Crippen LogP contribution is 2.57. The molecule has 1 aliphatic carbocycles. The van der Waals surface area contributed by atoms with Crippen molar-refractivity contribution in [2.45, 2.75) is 6.42 Å². The number of fused-ring (bicyclic) bond motifs is 1. The van der Waals surface area contributed by atoms with E-state index in [4.69, 9.17) is 0 Å². The number of piperidine rings is 1. The molecule has 1 saturated heterocycles. The molecule has 0 bridgehead atoms. The van der Waals surface area contributed by atoms with Crippen LogP contribution >= 0.6 is 11.5 Å². The summed E-state index contributed by atoms with van der Waals surface area (Å²) in [5.41, 5.74) is 0.214. The van der Waals surface area contributed by atoms with Crippen molar-refractivity contribution in [1.82, 2.24) is 9.36 Å². The molecule has 2 atom stereocenters. The molecule has 2 unspecified atom stereocenters. The maximum absolute atomic E-state index is 9.22. The summed E-state index contributed by atoms with van der Waals surface area (Å²) in [5.74, 6) is 0.696. The number of aliphatic hydroxyl groups is 1. The highest BCUT2D eigenvalue weighted by molar-refractivity contribution is 7.09. The standard InChI is InChI=1S/C8H11N3OS/c12-4-8-1-6(8)2-11(3-8)7-9-5-10-13-7/h5-6,12H,1-4H2. The van der Waals surface area contributed by atoms with Crippen molar-refractivity contribution >= 4 is 16.7 Å². The maximum atomic E-state index is 9.22. The van der Waals surface area contributed by atoms with Crippen LogP contribution in [0.5, 0.6) is 0 Å². The zero-order valence-corrected chi connectivity index (χ0v) is 8.00. The SMILES string of the molecule is OCC12CC1CN(c1ncns1)C2. The van der Waals surface area contributed by atoms with Gasteiger partial charge in [-0.05, 0) is 12.3 Å². The zero-order chi connectivity index (χ0) is 8.89. The van der Waals surface area contributed by atoms with Crippen LogP contribution in [0.2, 0.25) is 0 Å².